The highest BCUT2D eigenvalue weighted by molar-refractivity contribution is 7.91. The molecule has 0 unspecified atom stereocenters. The van der Waals surface area contributed by atoms with Gasteiger partial charge in [-0.25, -0.2) is 0 Å². The Morgan fingerprint density at radius 3 is 1.89 bits per heavy atom. The Labute approximate surface area is 323 Å². The summed E-state index contributed by atoms with van der Waals surface area (Å²) in [5, 5.41) is 22.5. The van der Waals surface area contributed by atoms with E-state index in [2.05, 4.69) is 36.3 Å². The number of hydrogen-bond acceptors (Lipinski definition) is 17. The number of nitrogens with two attached hydrogens (primary N) is 3. The van der Waals surface area contributed by atoms with Gasteiger partial charge in [-0.05, 0) is 90.5 Å². The molecule has 0 radical (unpaired) electrons. The fourth-order valence-electron chi connectivity index (χ4n) is 5.27. The molecule has 1 aliphatic carbocycles. The molecule has 57 heavy (non-hydrogen) atoms. The lowest BCUT2D eigenvalue weighted by Gasteiger charge is -2.20. The van der Waals surface area contributed by atoms with Crippen LogP contribution < -0.4 is 27.9 Å². The minimum atomic E-state index is -5.22. The predicted octanol–water partition coefficient (Wildman–Crippen LogP) is 6.39. The molecule has 5 aromatic rings. The van der Waals surface area contributed by atoms with Gasteiger partial charge in [0.1, 0.15) is 26.1 Å². The van der Waals surface area contributed by atoms with Crippen molar-refractivity contribution in [2.75, 3.05) is 27.9 Å². The van der Waals surface area contributed by atoms with Gasteiger partial charge in [0, 0.05) is 11.4 Å². The van der Waals surface area contributed by atoms with Crippen LogP contribution in [0.4, 0.5) is 56.9 Å². The predicted molar refractivity (Wildman–Crippen MR) is 212 cm³/mol. The van der Waals surface area contributed by atoms with Gasteiger partial charge in [0.25, 0.3) is 30.4 Å². The van der Waals surface area contributed by atoms with Crippen molar-refractivity contribution < 1.29 is 43.7 Å². The van der Waals surface area contributed by atoms with E-state index >= 15 is 0 Å². The summed E-state index contributed by atoms with van der Waals surface area (Å²) in [7, 11) is -15.3. The van der Waals surface area contributed by atoms with Crippen LogP contribution in [-0.2, 0) is 30.4 Å². The third-order valence-corrected chi connectivity index (χ3v) is 10.5. The number of rotatable bonds is 11. The van der Waals surface area contributed by atoms with Crippen molar-refractivity contribution in [1.82, 2.24) is 0 Å². The van der Waals surface area contributed by atoms with Gasteiger partial charge in [-0.15, -0.1) is 10.2 Å². The number of ketones is 1. The Morgan fingerprint density at radius 2 is 1.26 bits per heavy atom. The van der Waals surface area contributed by atoms with Crippen LogP contribution in [0.2, 0.25) is 0 Å². The van der Waals surface area contributed by atoms with Crippen LogP contribution in [0.1, 0.15) is 15.9 Å². The molecule has 0 bridgehead atoms. The topological polar surface area (TPSA) is 344 Å². The third kappa shape index (κ3) is 8.99. The molecule has 0 amide bonds. The van der Waals surface area contributed by atoms with E-state index in [0.717, 1.165) is 12.1 Å². The number of anilines is 6. The number of hydrogen-bond donors (Lipinski definition) is 8. The maximum atomic E-state index is 13.7. The molecule has 1 aliphatic rings. The number of nitrogens with zero attached hydrogens (tertiary/aromatic N) is 5. The summed E-state index contributed by atoms with van der Waals surface area (Å²) in [6.07, 6.45) is 0.725. The highest BCUT2D eigenvalue weighted by atomic mass is 32.2. The molecule has 0 atom stereocenters. The second kappa shape index (κ2) is 15.3. The lowest BCUT2D eigenvalue weighted by Crippen LogP contribution is -2.28. The zero-order valence-electron chi connectivity index (χ0n) is 28.7. The minimum absolute atomic E-state index is 0.115. The molecule has 6 rings (SSSR count). The zero-order valence-corrected chi connectivity index (χ0v) is 31.2. The monoisotopic (exact) mass is 832 g/mol. The van der Waals surface area contributed by atoms with E-state index in [9.17, 15) is 43.7 Å². The summed E-state index contributed by atoms with van der Waals surface area (Å²) in [5.41, 5.74) is 18.9. The van der Waals surface area contributed by atoms with Crippen molar-refractivity contribution in [2.24, 2.45) is 25.6 Å². The highest BCUT2D eigenvalue weighted by Crippen LogP contribution is 2.41. The number of nitrogens with one attached hydrogen (secondary N) is 2. The third-order valence-electron chi connectivity index (χ3n) is 7.90. The molecule has 292 valence electrons. The largest absolute Gasteiger partial charge is 0.399 e. The molecule has 0 saturated heterocycles. The Morgan fingerprint density at radius 1 is 0.614 bits per heavy atom. The Kier molecular flexibility index (Phi) is 10.7. The van der Waals surface area contributed by atoms with Crippen molar-refractivity contribution in [2.45, 2.75) is 9.79 Å². The maximum Gasteiger partial charge on any atom is 0.296 e. The lowest BCUT2D eigenvalue weighted by atomic mass is 9.92. The van der Waals surface area contributed by atoms with Crippen molar-refractivity contribution in [3.63, 3.8) is 0 Å². The van der Waals surface area contributed by atoms with E-state index in [1.807, 2.05) is 0 Å². The quantitative estimate of drug-likeness (QED) is 0.0309. The number of carbonyl (C=O) groups excluding carboxylic acids is 1. The van der Waals surface area contributed by atoms with Gasteiger partial charge in [0.2, 0.25) is 5.78 Å². The molecule has 20 nitrogen and oxygen atoms in total. The van der Waals surface area contributed by atoms with Crippen molar-refractivity contribution in [3.8, 4) is 0 Å². The number of para-hydroxylation sites is 1. The number of allylic oxidation sites excluding steroid dienone is 1. The smallest absolute Gasteiger partial charge is 0.296 e. The summed E-state index contributed by atoms with van der Waals surface area (Å²) >= 11 is 0. The average Bonchev–Trinajstić information content (AvgIpc) is 3.13. The number of hydrazone groups is 1. The van der Waals surface area contributed by atoms with E-state index in [4.69, 9.17) is 17.2 Å². The molecule has 0 spiro atoms. The van der Waals surface area contributed by atoms with E-state index < -0.39 is 79.0 Å². The van der Waals surface area contributed by atoms with Gasteiger partial charge in [-0.1, -0.05) is 18.2 Å². The first-order valence-corrected chi connectivity index (χ1v) is 20.2. The highest BCUT2D eigenvalue weighted by Gasteiger charge is 2.37. The Hall–Kier alpha value is -6.89. The first-order valence-electron chi connectivity index (χ1n) is 15.8. The number of nitrogen functional groups attached to an aromatic ring is 3. The molecule has 23 heteroatoms. The van der Waals surface area contributed by atoms with Crippen molar-refractivity contribution >= 4 is 105 Å². The summed E-state index contributed by atoms with van der Waals surface area (Å²) in [4.78, 5) is 11.0. The first-order chi connectivity index (χ1) is 26.8. The van der Waals surface area contributed by atoms with Gasteiger partial charge < -0.3 is 22.5 Å². The molecule has 5 aromatic carbocycles. The van der Waals surface area contributed by atoms with Crippen molar-refractivity contribution in [1.29, 1.82) is 0 Å². The van der Waals surface area contributed by atoms with Crippen LogP contribution in [0.3, 0.4) is 0 Å². The number of fused-ring (bicyclic) bond motifs is 1. The number of Topliss-reactive ketones (excluding diaryl/α,β-unsaturated/α-hetero) is 1. The molecule has 0 fully saturated rings. The zero-order chi connectivity index (χ0) is 41.3. The van der Waals surface area contributed by atoms with E-state index in [-0.39, 0.29) is 11.4 Å². The Balaban J connectivity index is 1.34. The SMILES string of the molecule is Nc1ccc(N=Nc2ccc(Nc3ccc(N=Nc4c(S(=O)(=O)O)cc5c(c4N)C(=O)/C(=N/Nc4ccccc4)C(S(=O)(=O)O)=C5)cc3S(=O)(=O)O)cc2)c(N)c1. The summed E-state index contributed by atoms with van der Waals surface area (Å²) in [5.74, 6) is -1.19. The van der Waals surface area contributed by atoms with Gasteiger partial charge in [0.15, 0.2) is 5.71 Å². The molecular weight excluding hydrogens is 805 g/mol. The molecule has 0 aromatic heterocycles. The molecular formula is C34H28N10O10S3. The number of carbonyl (C=O) groups is 1. The molecule has 0 aliphatic heterocycles. The van der Waals surface area contributed by atoms with Crippen LogP contribution in [0, 0.1) is 0 Å². The minimum Gasteiger partial charge on any atom is -0.399 e. The average molecular weight is 833 g/mol. The molecule has 0 heterocycles. The summed E-state index contributed by atoms with van der Waals surface area (Å²) in [6.45, 7) is 0. The second-order valence-corrected chi connectivity index (χ2v) is 16.0. The fourth-order valence-corrected chi connectivity index (χ4v) is 7.27. The number of azo groups is 2. The van der Waals surface area contributed by atoms with Crippen LogP contribution in [-0.4, -0.2) is 50.4 Å². The van der Waals surface area contributed by atoms with Crippen LogP contribution in [0.15, 0.2) is 137 Å². The van der Waals surface area contributed by atoms with Crippen LogP contribution in [0.5, 0.6) is 0 Å². The lowest BCUT2D eigenvalue weighted by molar-refractivity contribution is 0.106. The Bertz CT molecular complexity index is 2920. The molecule has 11 N–H and O–H groups in total. The van der Waals surface area contributed by atoms with Gasteiger partial charge >= 0.3 is 0 Å². The van der Waals surface area contributed by atoms with Gasteiger partial charge in [-0.3, -0.25) is 23.9 Å². The van der Waals surface area contributed by atoms with Gasteiger partial charge in [0.05, 0.1) is 39.7 Å². The first kappa shape index (κ1) is 39.8. The summed E-state index contributed by atoms with van der Waals surface area (Å²) in [6, 6.07) is 22.9. The fraction of sp³-hybridized carbons (Fsp3) is 0. The number of benzene rings is 5. The van der Waals surface area contributed by atoms with Crippen LogP contribution in [0.25, 0.3) is 6.08 Å². The van der Waals surface area contributed by atoms with Gasteiger partial charge in [-0.2, -0.15) is 40.6 Å². The maximum absolute atomic E-state index is 13.7. The standard InChI is InChI=1S/C34H28N10O10S3/c35-19-6-12-25(24(36)16-19)42-39-22-9-7-20(8-10-22)38-26-13-11-23(17-27(26)55(46,47)48)41-43-32-28(56(49,50)51)14-18-15-29(57(52,53)54)33(34(45)30(18)31(32)37)44-40-21-4-2-1-3-5-21/h1-17,38,40H,35-37H2,(H,46,47,48)(H,49,50,51)(H,52,53,54)/b42-39?,43-41?,44-33+. The normalized spacial score (nSPS) is 14.2. The molecule has 0 saturated carbocycles. The van der Waals surface area contributed by atoms with Crippen LogP contribution >= 0.6 is 0 Å². The van der Waals surface area contributed by atoms with Crippen molar-refractivity contribution in [3.05, 3.63) is 113 Å². The van der Waals surface area contributed by atoms with E-state index in [1.54, 1.807) is 54.6 Å². The van der Waals surface area contributed by atoms with E-state index in [0.29, 0.717) is 40.2 Å². The second-order valence-electron chi connectivity index (χ2n) is 11.9. The van der Waals surface area contributed by atoms with E-state index in [1.165, 1.54) is 30.3 Å². The summed E-state index contributed by atoms with van der Waals surface area (Å²) < 4.78 is 104.